The van der Waals surface area contributed by atoms with Crippen LogP contribution in [0.1, 0.15) is 17.2 Å². The number of rotatable bonds is 4. The van der Waals surface area contributed by atoms with Crippen molar-refractivity contribution < 1.29 is 9.84 Å². The molecule has 100 valence electrons. The van der Waals surface area contributed by atoms with Crippen molar-refractivity contribution in [3.05, 3.63) is 62.5 Å². The molecule has 0 aliphatic carbocycles. The third-order valence-corrected chi connectivity index (χ3v) is 4.81. The first-order chi connectivity index (χ1) is 9.11. The molecular formula is C15H14Br2O2. The molecule has 1 atom stereocenters. The minimum atomic E-state index is -0.555. The number of halogens is 2. The normalized spacial score (nSPS) is 12.2. The van der Waals surface area contributed by atoms with Gasteiger partial charge in [0.15, 0.2) is 0 Å². The molecule has 2 nitrogen and oxygen atoms in total. The maximum absolute atomic E-state index is 10.3. The second-order valence-electron chi connectivity index (χ2n) is 4.21. The smallest absolute Gasteiger partial charge is 0.122 e. The van der Waals surface area contributed by atoms with Crippen molar-refractivity contribution in [2.45, 2.75) is 12.5 Å². The average Bonchev–Trinajstić information content (AvgIpc) is 2.42. The van der Waals surface area contributed by atoms with Gasteiger partial charge in [-0.2, -0.15) is 0 Å². The van der Waals surface area contributed by atoms with Crippen LogP contribution in [-0.4, -0.2) is 12.2 Å². The number of ether oxygens (including phenoxy) is 1. The number of hydrogen-bond donors (Lipinski definition) is 1. The van der Waals surface area contributed by atoms with Crippen LogP contribution in [0.25, 0.3) is 0 Å². The largest absolute Gasteiger partial charge is 0.496 e. The van der Waals surface area contributed by atoms with Gasteiger partial charge in [-0.1, -0.05) is 24.3 Å². The number of methoxy groups -OCH3 is 1. The van der Waals surface area contributed by atoms with Gasteiger partial charge in [0.1, 0.15) is 5.75 Å². The Hall–Kier alpha value is -0.840. The van der Waals surface area contributed by atoms with Gasteiger partial charge in [0.05, 0.1) is 13.2 Å². The van der Waals surface area contributed by atoms with Crippen LogP contribution in [-0.2, 0) is 6.42 Å². The predicted octanol–water partition coefficient (Wildman–Crippen LogP) is 4.50. The van der Waals surface area contributed by atoms with Crippen molar-refractivity contribution >= 4 is 31.9 Å². The lowest BCUT2D eigenvalue weighted by Gasteiger charge is -2.14. The van der Waals surface area contributed by atoms with E-state index in [9.17, 15) is 5.11 Å². The van der Waals surface area contributed by atoms with Gasteiger partial charge in [-0.15, -0.1) is 0 Å². The van der Waals surface area contributed by atoms with Crippen LogP contribution in [0.3, 0.4) is 0 Å². The maximum atomic E-state index is 10.3. The molecule has 2 rings (SSSR count). The molecule has 0 heterocycles. The second-order valence-corrected chi connectivity index (χ2v) is 5.91. The first-order valence-corrected chi connectivity index (χ1v) is 7.45. The highest BCUT2D eigenvalue weighted by Crippen LogP contribution is 2.29. The van der Waals surface area contributed by atoms with Gasteiger partial charge in [0, 0.05) is 15.4 Å². The van der Waals surface area contributed by atoms with Crippen LogP contribution in [0, 0.1) is 0 Å². The second kappa shape index (κ2) is 6.55. The zero-order valence-electron chi connectivity index (χ0n) is 10.4. The zero-order chi connectivity index (χ0) is 13.8. The van der Waals surface area contributed by atoms with Crippen molar-refractivity contribution in [1.82, 2.24) is 0 Å². The third-order valence-electron chi connectivity index (χ3n) is 2.93. The average molecular weight is 386 g/mol. The summed E-state index contributed by atoms with van der Waals surface area (Å²) < 4.78 is 7.20. The van der Waals surface area contributed by atoms with Crippen LogP contribution in [0.4, 0.5) is 0 Å². The molecule has 0 fully saturated rings. The molecular weight excluding hydrogens is 372 g/mol. The molecule has 0 saturated heterocycles. The molecule has 0 bridgehead atoms. The maximum Gasteiger partial charge on any atom is 0.122 e. The topological polar surface area (TPSA) is 29.5 Å². The molecule has 2 aromatic carbocycles. The first kappa shape index (κ1) is 14.6. The van der Waals surface area contributed by atoms with E-state index >= 15 is 0 Å². The van der Waals surface area contributed by atoms with E-state index in [0.29, 0.717) is 6.42 Å². The van der Waals surface area contributed by atoms with E-state index in [-0.39, 0.29) is 0 Å². The summed E-state index contributed by atoms with van der Waals surface area (Å²) in [5.41, 5.74) is 1.87. The summed E-state index contributed by atoms with van der Waals surface area (Å²) in [7, 11) is 1.64. The molecule has 19 heavy (non-hydrogen) atoms. The molecule has 1 N–H and O–H groups in total. The van der Waals surface area contributed by atoms with Crippen molar-refractivity contribution in [1.29, 1.82) is 0 Å². The van der Waals surface area contributed by atoms with Crippen LogP contribution >= 0.6 is 31.9 Å². The summed E-state index contributed by atoms with van der Waals surface area (Å²) in [6.45, 7) is 0. The van der Waals surface area contributed by atoms with E-state index in [0.717, 1.165) is 25.8 Å². The molecule has 4 heteroatoms. The molecule has 0 aliphatic heterocycles. The quantitative estimate of drug-likeness (QED) is 0.839. The van der Waals surface area contributed by atoms with E-state index in [2.05, 4.69) is 31.9 Å². The van der Waals surface area contributed by atoms with Gasteiger partial charge < -0.3 is 9.84 Å². The van der Waals surface area contributed by atoms with E-state index in [1.807, 2.05) is 42.5 Å². The van der Waals surface area contributed by atoms with E-state index < -0.39 is 6.10 Å². The fourth-order valence-corrected chi connectivity index (χ4v) is 2.56. The van der Waals surface area contributed by atoms with Crippen molar-refractivity contribution in [3.8, 4) is 5.75 Å². The fourth-order valence-electron chi connectivity index (χ4n) is 1.92. The molecule has 1 unspecified atom stereocenters. The van der Waals surface area contributed by atoms with Crippen LogP contribution in [0.2, 0.25) is 0 Å². The van der Waals surface area contributed by atoms with Crippen molar-refractivity contribution in [2.75, 3.05) is 7.11 Å². The molecule has 0 aromatic heterocycles. The summed E-state index contributed by atoms with van der Waals surface area (Å²) in [4.78, 5) is 0. The summed E-state index contributed by atoms with van der Waals surface area (Å²) in [5.74, 6) is 0.803. The highest BCUT2D eigenvalue weighted by Gasteiger charge is 2.12. The molecule has 2 aromatic rings. The minimum absolute atomic E-state index is 0.526. The SMILES string of the molecule is COc1ccccc1CC(O)c1ccc(Br)c(Br)c1. The summed E-state index contributed by atoms with van der Waals surface area (Å²) in [5, 5.41) is 10.3. The lowest BCUT2D eigenvalue weighted by molar-refractivity contribution is 0.177. The number of aliphatic hydroxyl groups excluding tert-OH is 1. The summed E-state index contributed by atoms with van der Waals surface area (Å²) in [6.07, 6.45) is -0.0290. The molecule has 0 saturated carbocycles. The van der Waals surface area contributed by atoms with Gasteiger partial charge in [-0.05, 0) is 61.2 Å². The first-order valence-electron chi connectivity index (χ1n) is 5.86. The Balaban J connectivity index is 2.20. The Labute approximate surface area is 129 Å². The van der Waals surface area contributed by atoms with Gasteiger partial charge in [-0.25, -0.2) is 0 Å². The van der Waals surface area contributed by atoms with E-state index in [1.165, 1.54) is 0 Å². The van der Waals surface area contributed by atoms with E-state index in [4.69, 9.17) is 4.74 Å². The number of para-hydroxylation sites is 1. The number of hydrogen-bond acceptors (Lipinski definition) is 2. The Kier molecular flexibility index (Phi) is 5.02. The Morgan fingerprint density at radius 1 is 1.11 bits per heavy atom. The Morgan fingerprint density at radius 3 is 2.53 bits per heavy atom. The Bertz CT molecular complexity index is 570. The number of aliphatic hydroxyl groups is 1. The highest BCUT2D eigenvalue weighted by molar-refractivity contribution is 9.13. The zero-order valence-corrected chi connectivity index (χ0v) is 13.6. The summed E-state index contributed by atoms with van der Waals surface area (Å²) >= 11 is 6.86. The standard InChI is InChI=1S/C15H14Br2O2/c1-19-15-5-3-2-4-11(15)9-14(18)10-6-7-12(16)13(17)8-10/h2-8,14,18H,9H2,1H3. The molecule has 0 spiro atoms. The van der Waals surface area contributed by atoms with Crippen LogP contribution in [0.15, 0.2) is 51.4 Å². The fraction of sp³-hybridized carbons (Fsp3) is 0.200. The van der Waals surface area contributed by atoms with Gasteiger partial charge >= 0.3 is 0 Å². The monoisotopic (exact) mass is 384 g/mol. The molecule has 0 radical (unpaired) electrons. The third kappa shape index (κ3) is 3.59. The van der Waals surface area contributed by atoms with Gasteiger partial charge in [-0.3, -0.25) is 0 Å². The summed E-state index contributed by atoms with van der Waals surface area (Å²) in [6, 6.07) is 13.5. The van der Waals surface area contributed by atoms with Gasteiger partial charge in [0.25, 0.3) is 0 Å². The molecule has 0 amide bonds. The van der Waals surface area contributed by atoms with Crippen LogP contribution < -0.4 is 4.74 Å². The lowest BCUT2D eigenvalue weighted by Crippen LogP contribution is -2.03. The molecule has 0 aliphatic rings. The lowest BCUT2D eigenvalue weighted by atomic mass is 10.0. The highest BCUT2D eigenvalue weighted by atomic mass is 79.9. The van der Waals surface area contributed by atoms with E-state index in [1.54, 1.807) is 7.11 Å². The van der Waals surface area contributed by atoms with Crippen molar-refractivity contribution in [2.24, 2.45) is 0 Å². The van der Waals surface area contributed by atoms with Crippen molar-refractivity contribution in [3.63, 3.8) is 0 Å². The Morgan fingerprint density at radius 2 is 1.84 bits per heavy atom. The number of benzene rings is 2. The van der Waals surface area contributed by atoms with Gasteiger partial charge in [0.2, 0.25) is 0 Å². The predicted molar refractivity (Wildman–Crippen MR) is 83.5 cm³/mol. The minimum Gasteiger partial charge on any atom is -0.496 e. The van der Waals surface area contributed by atoms with Crippen LogP contribution in [0.5, 0.6) is 5.75 Å².